The summed E-state index contributed by atoms with van der Waals surface area (Å²) in [6.07, 6.45) is 7.91. The zero-order chi connectivity index (χ0) is 34.4. The molecule has 5 rings (SSSR count). The molecule has 1 aromatic carbocycles. The van der Waals surface area contributed by atoms with E-state index in [9.17, 15) is 9.59 Å². The Morgan fingerprint density at radius 1 is 1.00 bits per heavy atom. The van der Waals surface area contributed by atoms with Crippen molar-refractivity contribution in [1.82, 2.24) is 19.7 Å². The van der Waals surface area contributed by atoms with E-state index < -0.39 is 5.60 Å². The van der Waals surface area contributed by atoms with Crippen molar-refractivity contribution >= 4 is 17.6 Å². The van der Waals surface area contributed by atoms with Crippen molar-refractivity contribution in [2.45, 2.75) is 105 Å². The summed E-state index contributed by atoms with van der Waals surface area (Å²) < 4.78 is 19.1. The third-order valence-electron chi connectivity index (χ3n) is 9.48. The van der Waals surface area contributed by atoms with Crippen molar-refractivity contribution in [1.29, 1.82) is 0 Å². The predicted molar refractivity (Wildman–Crippen MR) is 188 cm³/mol. The van der Waals surface area contributed by atoms with Gasteiger partial charge in [0.15, 0.2) is 5.82 Å². The number of allylic oxidation sites excluding steroid dienone is 1. The van der Waals surface area contributed by atoms with Crippen LogP contribution in [0.1, 0.15) is 119 Å². The second kappa shape index (κ2) is 15.4. The largest absolute Gasteiger partial charge is 0.489 e. The number of ether oxygens (including phenoxy) is 3. The number of rotatable bonds is 10. The van der Waals surface area contributed by atoms with E-state index in [1.54, 1.807) is 17.8 Å². The molecule has 1 fully saturated rings. The Morgan fingerprint density at radius 3 is 2.46 bits per heavy atom. The van der Waals surface area contributed by atoms with E-state index in [0.717, 1.165) is 55.7 Å². The van der Waals surface area contributed by atoms with Crippen LogP contribution in [0.4, 0.5) is 4.79 Å². The van der Waals surface area contributed by atoms with Gasteiger partial charge in [-0.25, -0.2) is 19.3 Å². The number of likely N-dealkylation sites (tertiary alicyclic amines) is 1. The average molecular weight is 657 g/mol. The van der Waals surface area contributed by atoms with Gasteiger partial charge in [-0.05, 0) is 131 Å². The lowest BCUT2D eigenvalue weighted by Crippen LogP contribution is -2.41. The van der Waals surface area contributed by atoms with Gasteiger partial charge in [0, 0.05) is 13.1 Å². The number of hydrogen-bond acceptors (Lipinski definition) is 7. The maximum absolute atomic E-state index is 12.6. The van der Waals surface area contributed by atoms with Crippen LogP contribution in [0.2, 0.25) is 0 Å². The third-order valence-corrected chi connectivity index (χ3v) is 9.48. The van der Waals surface area contributed by atoms with Gasteiger partial charge in [0.05, 0.1) is 24.2 Å². The Hall–Kier alpha value is -4.14. The summed E-state index contributed by atoms with van der Waals surface area (Å²) in [5.74, 6) is 2.00. The number of hydrogen-bond donors (Lipinski definition) is 0. The Balaban J connectivity index is 1.32. The molecule has 1 atom stereocenters. The van der Waals surface area contributed by atoms with Gasteiger partial charge in [-0.15, -0.1) is 0 Å². The Morgan fingerprint density at radius 2 is 1.77 bits per heavy atom. The lowest BCUT2D eigenvalue weighted by atomic mass is 9.82. The van der Waals surface area contributed by atoms with Crippen LogP contribution in [0.3, 0.4) is 0 Å². The van der Waals surface area contributed by atoms with Crippen LogP contribution in [-0.2, 0) is 22.3 Å². The number of carbonyl (C=O) groups is 2. The second-order valence-corrected chi connectivity index (χ2v) is 13.9. The molecule has 2 aliphatic rings. The molecule has 258 valence electrons. The summed E-state index contributed by atoms with van der Waals surface area (Å²) in [6.45, 7) is 16.2. The van der Waals surface area contributed by atoms with Crippen molar-refractivity contribution in [3.63, 3.8) is 0 Å². The summed E-state index contributed by atoms with van der Waals surface area (Å²) in [5.41, 5.74) is 6.89. The molecule has 0 N–H and O–H groups in total. The molecule has 3 aromatic rings. The third kappa shape index (κ3) is 8.10. The van der Waals surface area contributed by atoms with E-state index in [4.69, 9.17) is 19.2 Å². The Kier molecular flexibility index (Phi) is 11.3. The molecule has 0 bridgehead atoms. The van der Waals surface area contributed by atoms with Gasteiger partial charge < -0.3 is 19.1 Å². The van der Waals surface area contributed by atoms with Gasteiger partial charge in [0.2, 0.25) is 0 Å². The van der Waals surface area contributed by atoms with Crippen LogP contribution in [-0.4, -0.2) is 63.6 Å². The lowest BCUT2D eigenvalue weighted by molar-refractivity contribution is 0.0204. The van der Waals surface area contributed by atoms with Gasteiger partial charge >= 0.3 is 12.1 Å². The van der Waals surface area contributed by atoms with E-state index in [-0.39, 0.29) is 12.1 Å². The molecule has 0 saturated carbocycles. The molecular weight excluding hydrogens is 604 g/mol. The lowest BCUT2D eigenvalue weighted by Gasteiger charge is -2.34. The minimum atomic E-state index is -0.484. The molecule has 1 aliphatic heterocycles. The molecule has 1 saturated heterocycles. The predicted octanol–water partition coefficient (Wildman–Crippen LogP) is 8.34. The molecule has 1 amide bonds. The van der Waals surface area contributed by atoms with Crippen LogP contribution in [0.25, 0.3) is 11.4 Å². The van der Waals surface area contributed by atoms with E-state index in [0.29, 0.717) is 55.9 Å². The number of pyridine rings is 1. The van der Waals surface area contributed by atoms with Crippen LogP contribution in [0, 0.1) is 5.92 Å². The van der Waals surface area contributed by atoms with Gasteiger partial charge in [-0.1, -0.05) is 32.9 Å². The van der Waals surface area contributed by atoms with Gasteiger partial charge in [-0.2, -0.15) is 5.10 Å². The molecule has 0 spiro atoms. The van der Waals surface area contributed by atoms with Crippen molar-refractivity contribution in [3.8, 4) is 11.6 Å². The van der Waals surface area contributed by atoms with E-state index in [2.05, 4.69) is 43.2 Å². The van der Waals surface area contributed by atoms with Crippen molar-refractivity contribution in [2.24, 2.45) is 5.92 Å². The van der Waals surface area contributed by atoms with Crippen LogP contribution in [0.5, 0.6) is 5.75 Å². The van der Waals surface area contributed by atoms with Crippen LogP contribution < -0.4 is 4.74 Å². The molecule has 1 unspecified atom stereocenters. The molecule has 2 aromatic heterocycles. The van der Waals surface area contributed by atoms with Crippen molar-refractivity contribution < 1.29 is 23.8 Å². The first-order chi connectivity index (χ1) is 23.0. The zero-order valence-corrected chi connectivity index (χ0v) is 29.8. The fraction of sp³-hybridized carbons (Fsp3) is 0.538. The minimum Gasteiger partial charge on any atom is -0.489 e. The molecule has 0 radical (unpaired) electrons. The van der Waals surface area contributed by atoms with E-state index in [1.807, 2.05) is 44.7 Å². The first kappa shape index (κ1) is 35.2. The fourth-order valence-electron chi connectivity index (χ4n) is 6.98. The summed E-state index contributed by atoms with van der Waals surface area (Å²) in [5, 5.41) is 4.53. The molecule has 48 heavy (non-hydrogen) atoms. The fourth-order valence-corrected chi connectivity index (χ4v) is 6.98. The highest BCUT2D eigenvalue weighted by molar-refractivity contribution is 5.90. The first-order valence-corrected chi connectivity index (χ1v) is 17.7. The Labute approximate surface area is 285 Å². The summed E-state index contributed by atoms with van der Waals surface area (Å²) in [7, 11) is 0. The highest BCUT2D eigenvalue weighted by atomic mass is 16.6. The van der Waals surface area contributed by atoms with Gasteiger partial charge in [0.1, 0.15) is 23.5 Å². The van der Waals surface area contributed by atoms with E-state index in [1.165, 1.54) is 22.3 Å². The number of piperidine rings is 1. The molecule has 1 aliphatic carbocycles. The molecule has 9 nitrogen and oxygen atoms in total. The summed E-state index contributed by atoms with van der Waals surface area (Å²) in [4.78, 5) is 32.0. The summed E-state index contributed by atoms with van der Waals surface area (Å²) in [6, 6.07) is 12.5. The molecule has 3 heterocycles. The van der Waals surface area contributed by atoms with Crippen LogP contribution in [0.15, 0.2) is 48.2 Å². The number of benzene rings is 1. The standard InChI is InChI=1S/C39H52N4O5/c1-8-27-23-29(17-18-30(27)28-19-21-42(22-20-28)38(45)48-39(5,6)7)47-25-33-26(4)13-11-14-31(33)34-15-12-16-36(41-34)43-35(9-2)32(24-40-43)37(44)46-10-3/h12,15-18,23-24,26,28H,8-11,13-14,19-22,25H2,1-7H3. The SMILES string of the molecule is CCOC(=O)c1cnn(-c2cccc(C3=C(COc4ccc(C5CCN(C(=O)OC(C)(C)C)CC5)c(CC)c4)C(C)CCC3)n2)c1CC. The zero-order valence-electron chi connectivity index (χ0n) is 29.8. The smallest absolute Gasteiger partial charge is 0.410 e. The normalized spacial score (nSPS) is 17.4. The first-order valence-electron chi connectivity index (χ1n) is 17.7. The number of esters is 1. The minimum absolute atomic E-state index is 0.219. The molecule has 9 heteroatoms. The van der Waals surface area contributed by atoms with Crippen molar-refractivity contribution in [3.05, 3.63) is 76.2 Å². The maximum Gasteiger partial charge on any atom is 0.410 e. The maximum atomic E-state index is 12.6. The number of carbonyl (C=O) groups excluding carboxylic acids is 2. The number of amides is 1. The van der Waals surface area contributed by atoms with Crippen LogP contribution >= 0.6 is 0 Å². The molecular formula is C39H52N4O5. The number of nitrogens with zero attached hydrogens (tertiary/aromatic N) is 4. The topological polar surface area (TPSA) is 95.8 Å². The van der Waals surface area contributed by atoms with Gasteiger partial charge in [-0.3, -0.25) is 0 Å². The quantitative estimate of drug-likeness (QED) is 0.203. The monoisotopic (exact) mass is 656 g/mol. The number of aryl methyl sites for hydroxylation is 1. The van der Waals surface area contributed by atoms with E-state index >= 15 is 0 Å². The highest BCUT2D eigenvalue weighted by Gasteiger charge is 2.29. The summed E-state index contributed by atoms with van der Waals surface area (Å²) >= 11 is 0. The Bertz CT molecular complexity index is 1630. The highest BCUT2D eigenvalue weighted by Crippen LogP contribution is 2.37. The average Bonchev–Trinajstić information content (AvgIpc) is 3.51. The van der Waals surface area contributed by atoms with Crippen molar-refractivity contribution in [2.75, 3.05) is 26.3 Å². The number of aromatic nitrogens is 3. The van der Waals surface area contributed by atoms with Gasteiger partial charge in [0.25, 0.3) is 0 Å². The second-order valence-electron chi connectivity index (χ2n) is 13.9.